The summed E-state index contributed by atoms with van der Waals surface area (Å²) in [7, 11) is 1.78. The number of hydrogen-bond acceptors (Lipinski definition) is 4. The van der Waals surface area contributed by atoms with Gasteiger partial charge in [-0.05, 0) is 37.6 Å². The molecule has 0 aliphatic carbocycles. The Morgan fingerprint density at radius 2 is 2.00 bits per heavy atom. The molecule has 3 atom stereocenters. The highest BCUT2D eigenvalue weighted by Gasteiger charge is 2.33. The first-order valence-electron chi connectivity index (χ1n) is 7.70. The summed E-state index contributed by atoms with van der Waals surface area (Å²) in [6.07, 6.45) is 0. The predicted octanol–water partition coefficient (Wildman–Crippen LogP) is 4.20. The lowest BCUT2D eigenvalue weighted by molar-refractivity contribution is 0.396. The molecule has 1 fully saturated rings. The van der Waals surface area contributed by atoms with E-state index in [9.17, 15) is 0 Å². The van der Waals surface area contributed by atoms with Gasteiger partial charge in [0.25, 0.3) is 0 Å². The summed E-state index contributed by atoms with van der Waals surface area (Å²) in [5.74, 6) is 3.54. The van der Waals surface area contributed by atoms with Crippen LogP contribution in [-0.2, 0) is 0 Å². The van der Waals surface area contributed by atoms with Crippen LogP contribution in [0.4, 0.5) is 0 Å². The summed E-state index contributed by atoms with van der Waals surface area (Å²) in [5, 5.41) is 4.98. The fourth-order valence-corrected chi connectivity index (χ4v) is 6.05. The first-order valence-corrected chi connectivity index (χ1v) is 9.80. The first kappa shape index (κ1) is 17.0. The molecule has 0 radical (unpaired) electrons. The minimum atomic E-state index is 0.360. The van der Waals surface area contributed by atoms with Crippen molar-refractivity contribution in [3.8, 4) is 5.75 Å². The van der Waals surface area contributed by atoms with Crippen LogP contribution in [0.1, 0.15) is 36.6 Å². The maximum absolute atomic E-state index is 5.70. The van der Waals surface area contributed by atoms with Gasteiger partial charge in [-0.25, -0.2) is 0 Å². The molecule has 0 aromatic heterocycles. The number of rotatable bonds is 5. The van der Waals surface area contributed by atoms with Crippen LogP contribution in [0.2, 0.25) is 0 Å². The Labute approximate surface area is 137 Å². The largest absolute Gasteiger partial charge is 0.496 e. The van der Waals surface area contributed by atoms with E-state index in [2.05, 4.69) is 68.7 Å². The molecule has 3 unspecified atom stereocenters. The van der Waals surface area contributed by atoms with Crippen LogP contribution in [-0.4, -0.2) is 35.7 Å². The van der Waals surface area contributed by atoms with Crippen molar-refractivity contribution in [1.29, 1.82) is 0 Å². The third-order valence-corrected chi connectivity index (χ3v) is 7.21. The molecule has 1 heterocycles. The minimum Gasteiger partial charge on any atom is -0.496 e. The average Bonchev–Trinajstić information content (AvgIpc) is 2.45. The number of methoxy groups -OCH3 is 1. The van der Waals surface area contributed by atoms with Crippen molar-refractivity contribution in [3.05, 3.63) is 28.8 Å². The zero-order valence-electron chi connectivity index (χ0n) is 13.7. The molecule has 1 N–H and O–H groups in total. The van der Waals surface area contributed by atoms with Gasteiger partial charge in [0, 0.05) is 33.6 Å². The van der Waals surface area contributed by atoms with Gasteiger partial charge in [0.2, 0.25) is 0 Å². The topological polar surface area (TPSA) is 21.3 Å². The fraction of sp³-hybridized carbons (Fsp3) is 0.647. The Kier molecular flexibility index (Phi) is 6.33. The van der Waals surface area contributed by atoms with Gasteiger partial charge in [0.15, 0.2) is 0 Å². The van der Waals surface area contributed by atoms with Crippen molar-refractivity contribution in [2.24, 2.45) is 0 Å². The maximum atomic E-state index is 5.70. The van der Waals surface area contributed by atoms with Gasteiger partial charge in [-0.2, -0.15) is 23.5 Å². The number of benzene rings is 1. The lowest BCUT2D eigenvalue weighted by Gasteiger charge is -2.36. The molecule has 4 heteroatoms. The van der Waals surface area contributed by atoms with Crippen molar-refractivity contribution < 1.29 is 4.74 Å². The smallest absolute Gasteiger partial charge is 0.124 e. The van der Waals surface area contributed by atoms with E-state index >= 15 is 0 Å². The van der Waals surface area contributed by atoms with E-state index in [0.29, 0.717) is 16.5 Å². The molecule has 1 aliphatic heterocycles. The quantitative estimate of drug-likeness (QED) is 0.875. The first-order chi connectivity index (χ1) is 10.1. The van der Waals surface area contributed by atoms with Crippen molar-refractivity contribution in [3.63, 3.8) is 0 Å². The van der Waals surface area contributed by atoms with E-state index in [4.69, 9.17) is 4.74 Å². The van der Waals surface area contributed by atoms with Gasteiger partial charge < -0.3 is 10.1 Å². The summed E-state index contributed by atoms with van der Waals surface area (Å²) in [5.41, 5.74) is 3.94. The van der Waals surface area contributed by atoms with Crippen LogP contribution in [0.3, 0.4) is 0 Å². The van der Waals surface area contributed by atoms with Crippen molar-refractivity contribution in [2.75, 3.05) is 25.2 Å². The summed E-state index contributed by atoms with van der Waals surface area (Å²) in [6.45, 7) is 9.88. The maximum Gasteiger partial charge on any atom is 0.124 e. The third-order valence-electron chi connectivity index (χ3n) is 4.01. The highest BCUT2D eigenvalue weighted by molar-refractivity contribution is 8.07. The molecule has 0 amide bonds. The number of ether oxygens (including phenoxy) is 1. The monoisotopic (exact) mass is 325 g/mol. The van der Waals surface area contributed by atoms with Gasteiger partial charge in [0.05, 0.1) is 7.11 Å². The summed E-state index contributed by atoms with van der Waals surface area (Å²) < 4.78 is 5.70. The Bertz CT molecular complexity index is 478. The van der Waals surface area contributed by atoms with Crippen LogP contribution in [0.5, 0.6) is 5.75 Å². The molecule has 0 spiro atoms. The highest BCUT2D eigenvalue weighted by Crippen LogP contribution is 2.42. The SMILES string of the molecule is CCNC(c1c(C)cc(C)cc1OC)C1SCCSC1C. The van der Waals surface area contributed by atoms with E-state index in [-0.39, 0.29) is 0 Å². The standard InChI is InChI=1S/C17H27NOS2/c1-6-18-16(17-13(4)20-7-8-21-17)15-12(3)9-11(2)10-14(15)19-5/h9-10,13,16-18H,6-8H2,1-5H3. The second-order valence-electron chi connectivity index (χ2n) is 5.64. The summed E-state index contributed by atoms with van der Waals surface area (Å²) in [6, 6.07) is 4.80. The van der Waals surface area contributed by atoms with Gasteiger partial charge >= 0.3 is 0 Å². The number of aryl methyl sites for hydroxylation is 2. The summed E-state index contributed by atoms with van der Waals surface area (Å²) in [4.78, 5) is 0. The Hall–Kier alpha value is -0.320. The molecular formula is C17H27NOS2. The molecule has 118 valence electrons. The van der Waals surface area contributed by atoms with E-state index in [1.165, 1.54) is 28.2 Å². The van der Waals surface area contributed by atoms with Crippen molar-refractivity contribution in [1.82, 2.24) is 5.32 Å². The Balaban J connectivity index is 2.42. The fourth-order valence-electron chi connectivity index (χ4n) is 3.13. The number of thioether (sulfide) groups is 2. The van der Waals surface area contributed by atoms with E-state index in [1.54, 1.807) is 7.11 Å². The van der Waals surface area contributed by atoms with Crippen LogP contribution in [0.15, 0.2) is 12.1 Å². The second kappa shape index (κ2) is 7.80. The van der Waals surface area contributed by atoms with Crippen LogP contribution in [0.25, 0.3) is 0 Å². The van der Waals surface area contributed by atoms with E-state index in [0.717, 1.165) is 12.3 Å². The molecule has 1 aromatic rings. The molecule has 1 aliphatic rings. The number of hydrogen-bond donors (Lipinski definition) is 1. The van der Waals surface area contributed by atoms with Crippen LogP contribution in [0, 0.1) is 13.8 Å². The van der Waals surface area contributed by atoms with Crippen molar-refractivity contribution in [2.45, 2.75) is 44.2 Å². The van der Waals surface area contributed by atoms with E-state index < -0.39 is 0 Å². The Morgan fingerprint density at radius 3 is 2.62 bits per heavy atom. The molecule has 2 nitrogen and oxygen atoms in total. The molecule has 2 rings (SSSR count). The summed E-state index contributed by atoms with van der Waals surface area (Å²) >= 11 is 4.20. The Morgan fingerprint density at radius 1 is 1.29 bits per heavy atom. The van der Waals surface area contributed by atoms with Crippen molar-refractivity contribution >= 4 is 23.5 Å². The van der Waals surface area contributed by atoms with Crippen LogP contribution >= 0.6 is 23.5 Å². The zero-order chi connectivity index (χ0) is 15.4. The third kappa shape index (κ3) is 3.91. The lowest BCUT2D eigenvalue weighted by atomic mass is 9.94. The molecule has 1 saturated heterocycles. The van der Waals surface area contributed by atoms with Gasteiger partial charge in [-0.15, -0.1) is 0 Å². The van der Waals surface area contributed by atoms with Gasteiger partial charge in [-0.3, -0.25) is 0 Å². The molecule has 0 bridgehead atoms. The molecule has 21 heavy (non-hydrogen) atoms. The lowest BCUT2D eigenvalue weighted by Crippen LogP contribution is -2.38. The van der Waals surface area contributed by atoms with Crippen LogP contribution < -0.4 is 10.1 Å². The molecular weight excluding hydrogens is 298 g/mol. The molecule has 0 saturated carbocycles. The van der Waals surface area contributed by atoms with Gasteiger partial charge in [0.1, 0.15) is 5.75 Å². The zero-order valence-corrected chi connectivity index (χ0v) is 15.4. The number of nitrogens with one attached hydrogen (secondary N) is 1. The molecule has 1 aromatic carbocycles. The van der Waals surface area contributed by atoms with Gasteiger partial charge in [-0.1, -0.05) is 19.9 Å². The normalized spacial score (nSPS) is 23.9. The second-order valence-corrected chi connectivity index (χ2v) is 8.42. The predicted molar refractivity (Wildman–Crippen MR) is 97.1 cm³/mol. The minimum absolute atomic E-state index is 0.360. The highest BCUT2D eigenvalue weighted by atomic mass is 32.2. The van der Waals surface area contributed by atoms with E-state index in [1.807, 2.05) is 0 Å². The average molecular weight is 326 g/mol.